The Bertz CT molecular complexity index is 296. The predicted molar refractivity (Wildman–Crippen MR) is 46.6 cm³/mol. The second kappa shape index (κ2) is 3.62. The van der Waals surface area contributed by atoms with Crippen LogP contribution in [0.4, 0.5) is 0 Å². The number of aryl methyl sites for hydroxylation is 1. The van der Waals surface area contributed by atoms with Crippen molar-refractivity contribution in [3.63, 3.8) is 0 Å². The molecule has 1 heterocycles. The van der Waals surface area contributed by atoms with E-state index < -0.39 is 5.97 Å². The van der Waals surface area contributed by atoms with Crippen molar-refractivity contribution in [3.8, 4) is 0 Å². The van der Waals surface area contributed by atoms with E-state index in [-0.39, 0.29) is 5.69 Å². The first kappa shape index (κ1) is 9.12. The third kappa shape index (κ3) is 1.61. The molecule has 1 aromatic heterocycles. The van der Waals surface area contributed by atoms with E-state index in [9.17, 15) is 4.79 Å². The predicted octanol–water partition coefficient (Wildman–Crippen LogP) is 1.23. The molecular formula is C7H10N2O2S. The maximum atomic E-state index is 10.7. The van der Waals surface area contributed by atoms with Gasteiger partial charge in [-0.3, -0.25) is 4.68 Å². The summed E-state index contributed by atoms with van der Waals surface area (Å²) in [5, 5.41) is 12.7. The monoisotopic (exact) mass is 186 g/mol. The molecule has 0 fully saturated rings. The van der Waals surface area contributed by atoms with Gasteiger partial charge in [-0.15, -0.1) is 11.8 Å². The molecule has 0 bridgehead atoms. The summed E-state index contributed by atoms with van der Waals surface area (Å²) >= 11 is 1.49. The molecule has 0 aromatic carbocycles. The van der Waals surface area contributed by atoms with Crippen molar-refractivity contribution in [1.82, 2.24) is 9.78 Å². The van der Waals surface area contributed by atoms with Crippen molar-refractivity contribution in [3.05, 3.63) is 11.9 Å². The Hall–Kier alpha value is -0.970. The van der Waals surface area contributed by atoms with E-state index in [1.165, 1.54) is 16.4 Å². The van der Waals surface area contributed by atoms with Gasteiger partial charge in [-0.25, -0.2) is 4.79 Å². The van der Waals surface area contributed by atoms with Gasteiger partial charge in [-0.05, 0) is 5.75 Å². The lowest BCUT2D eigenvalue weighted by Gasteiger charge is -1.97. The van der Waals surface area contributed by atoms with E-state index in [1.807, 2.05) is 6.92 Å². The van der Waals surface area contributed by atoms with Crippen LogP contribution in [0.3, 0.4) is 0 Å². The van der Waals surface area contributed by atoms with Crippen LogP contribution in [0.5, 0.6) is 0 Å². The van der Waals surface area contributed by atoms with Crippen LogP contribution in [0.2, 0.25) is 0 Å². The molecule has 0 saturated carbocycles. The largest absolute Gasteiger partial charge is 0.476 e. The van der Waals surface area contributed by atoms with Gasteiger partial charge in [0.1, 0.15) is 0 Å². The summed E-state index contributed by atoms with van der Waals surface area (Å²) in [6.07, 6.45) is 1.58. The first-order chi connectivity index (χ1) is 5.66. The summed E-state index contributed by atoms with van der Waals surface area (Å²) in [5.74, 6) is -0.0719. The van der Waals surface area contributed by atoms with Crippen molar-refractivity contribution in [2.24, 2.45) is 7.05 Å². The summed E-state index contributed by atoms with van der Waals surface area (Å²) in [5.41, 5.74) is 0.266. The van der Waals surface area contributed by atoms with E-state index in [0.29, 0.717) is 0 Å². The van der Waals surface area contributed by atoms with Gasteiger partial charge in [0.2, 0.25) is 0 Å². The zero-order valence-corrected chi connectivity index (χ0v) is 7.76. The first-order valence-electron chi connectivity index (χ1n) is 3.55. The molecule has 1 N–H and O–H groups in total. The van der Waals surface area contributed by atoms with Crippen LogP contribution in [-0.4, -0.2) is 26.6 Å². The molecule has 0 spiro atoms. The van der Waals surface area contributed by atoms with Gasteiger partial charge in [0.25, 0.3) is 0 Å². The molecule has 0 aliphatic heterocycles. The van der Waals surface area contributed by atoms with Crippen LogP contribution in [0.25, 0.3) is 0 Å². The van der Waals surface area contributed by atoms with Crippen LogP contribution in [0.1, 0.15) is 17.4 Å². The smallest absolute Gasteiger partial charge is 0.355 e. The number of carboxylic acid groups (broad SMARTS) is 1. The van der Waals surface area contributed by atoms with E-state index in [4.69, 9.17) is 5.11 Å². The third-order valence-electron chi connectivity index (χ3n) is 1.41. The van der Waals surface area contributed by atoms with E-state index in [1.54, 1.807) is 13.2 Å². The second-order valence-electron chi connectivity index (χ2n) is 2.22. The minimum absolute atomic E-state index is 0.266. The maximum absolute atomic E-state index is 10.7. The van der Waals surface area contributed by atoms with Crippen molar-refractivity contribution < 1.29 is 9.90 Å². The van der Waals surface area contributed by atoms with Crippen molar-refractivity contribution >= 4 is 17.7 Å². The van der Waals surface area contributed by atoms with Crippen molar-refractivity contribution in [2.45, 2.75) is 11.8 Å². The molecule has 5 heteroatoms. The Balaban J connectivity index is 3.04. The number of rotatable bonds is 3. The lowest BCUT2D eigenvalue weighted by molar-refractivity contribution is 0.0681. The van der Waals surface area contributed by atoms with E-state index in [2.05, 4.69) is 5.10 Å². The normalized spacial score (nSPS) is 10.2. The average Bonchev–Trinajstić information content (AvgIpc) is 2.32. The van der Waals surface area contributed by atoms with Gasteiger partial charge in [0.15, 0.2) is 5.69 Å². The lowest BCUT2D eigenvalue weighted by Crippen LogP contribution is -2.06. The van der Waals surface area contributed by atoms with Crippen LogP contribution >= 0.6 is 11.8 Å². The Morgan fingerprint density at radius 1 is 1.83 bits per heavy atom. The number of aromatic carboxylic acids is 1. The number of thioether (sulfide) groups is 1. The highest BCUT2D eigenvalue weighted by atomic mass is 32.2. The summed E-state index contributed by atoms with van der Waals surface area (Å²) in [4.78, 5) is 11.4. The van der Waals surface area contributed by atoms with E-state index in [0.717, 1.165) is 10.6 Å². The highest BCUT2D eigenvalue weighted by Gasteiger charge is 2.14. The summed E-state index contributed by atoms with van der Waals surface area (Å²) in [7, 11) is 1.63. The molecule has 0 radical (unpaired) electrons. The Morgan fingerprint density at radius 3 is 3.00 bits per heavy atom. The molecule has 66 valence electrons. The molecule has 1 rings (SSSR count). The number of hydrogen-bond donors (Lipinski definition) is 1. The second-order valence-corrected chi connectivity index (χ2v) is 3.53. The third-order valence-corrected chi connectivity index (χ3v) is 2.31. The summed E-state index contributed by atoms with van der Waals surface area (Å²) < 4.78 is 1.38. The Labute approximate surface area is 74.6 Å². The van der Waals surface area contributed by atoms with Crippen LogP contribution in [0.15, 0.2) is 11.1 Å². The fourth-order valence-electron chi connectivity index (χ4n) is 0.922. The molecule has 0 unspecified atom stereocenters. The molecular weight excluding hydrogens is 176 g/mol. The molecule has 0 amide bonds. The minimum atomic E-state index is -0.925. The number of carboxylic acids is 1. The van der Waals surface area contributed by atoms with Gasteiger partial charge in [-0.1, -0.05) is 6.92 Å². The number of hydrogen-bond acceptors (Lipinski definition) is 3. The highest BCUT2D eigenvalue weighted by molar-refractivity contribution is 7.99. The van der Waals surface area contributed by atoms with Crippen LogP contribution < -0.4 is 0 Å². The zero-order chi connectivity index (χ0) is 9.14. The topological polar surface area (TPSA) is 55.1 Å². The Morgan fingerprint density at radius 2 is 2.50 bits per heavy atom. The summed E-state index contributed by atoms with van der Waals surface area (Å²) in [6.45, 7) is 1.98. The van der Waals surface area contributed by atoms with E-state index >= 15 is 0 Å². The number of aromatic nitrogens is 2. The van der Waals surface area contributed by atoms with Gasteiger partial charge < -0.3 is 5.11 Å². The molecule has 0 aliphatic carbocycles. The molecule has 0 saturated heterocycles. The average molecular weight is 186 g/mol. The molecule has 12 heavy (non-hydrogen) atoms. The quantitative estimate of drug-likeness (QED) is 0.721. The zero-order valence-electron chi connectivity index (χ0n) is 6.94. The van der Waals surface area contributed by atoms with Gasteiger partial charge in [0.05, 0.1) is 11.1 Å². The molecule has 0 aliphatic rings. The van der Waals surface area contributed by atoms with Crippen molar-refractivity contribution in [2.75, 3.05) is 5.75 Å². The molecule has 1 aromatic rings. The molecule has 0 atom stereocenters. The standard InChI is InChI=1S/C7H10N2O2S/c1-3-12-5-4-8-9(2)6(5)7(10)11/h4H,3H2,1-2H3,(H,10,11). The van der Waals surface area contributed by atoms with Gasteiger partial charge in [-0.2, -0.15) is 5.10 Å². The minimum Gasteiger partial charge on any atom is -0.476 e. The summed E-state index contributed by atoms with van der Waals surface area (Å²) in [6, 6.07) is 0. The SMILES string of the molecule is CCSc1cnn(C)c1C(=O)O. The molecule has 4 nitrogen and oxygen atoms in total. The van der Waals surface area contributed by atoms with Crippen molar-refractivity contribution in [1.29, 1.82) is 0 Å². The van der Waals surface area contributed by atoms with Gasteiger partial charge >= 0.3 is 5.97 Å². The lowest BCUT2D eigenvalue weighted by atomic mass is 10.4. The number of carbonyl (C=O) groups is 1. The van der Waals surface area contributed by atoms with Crippen LogP contribution in [0, 0.1) is 0 Å². The fraction of sp³-hybridized carbons (Fsp3) is 0.429. The fourth-order valence-corrected chi connectivity index (χ4v) is 1.71. The number of nitrogens with zero attached hydrogens (tertiary/aromatic N) is 2. The first-order valence-corrected chi connectivity index (χ1v) is 4.53. The highest BCUT2D eigenvalue weighted by Crippen LogP contribution is 2.21. The maximum Gasteiger partial charge on any atom is 0.355 e. The van der Waals surface area contributed by atoms with Crippen LogP contribution in [-0.2, 0) is 7.05 Å². The van der Waals surface area contributed by atoms with Gasteiger partial charge in [0, 0.05) is 7.05 Å². The Kier molecular flexibility index (Phi) is 2.75.